The van der Waals surface area contributed by atoms with E-state index in [9.17, 15) is 0 Å². The summed E-state index contributed by atoms with van der Waals surface area (Å²) < 4.78 is 5.34. The molecule has 1 N–H and O–H groups in total. The summed E-state index contributed by atoms with van der Waals surface area (Å²) in [5.41, 5.74) is 2.22. The van der Waals surface area contributed by atoms with Crippen molar-refractivity contribution in [1.82, 2.24) is 4.98 Å². The Morgan fingerprint density at radius 3 is 2.63 bits per heavy atom. The molecule has 2 rings (SSSR count). The van der Waals surface area contributed by atoms with Crippen LogP contribution >= 0.6 is 0 Å². The van der Waals surface area contributed by atoms with Gasteiger partial charge in [-0.25, -0.2) is 4.98 Å². The maximum absolute atomic E-state index is 5.34. The van der Waals surface area contributed by atoms with E-state index in [-0.39, 0.29) is 0 Å². The van der Waals surface area contributed by atoms with E-state index in [1.54, 1.807) is 6.20 Å². The van der Waals surface area contributed by atoms with Crippen LogP contribution in [0.1, 0.15) is 39.5 Å². The van der Waals surface area contributed by atoms with Gasteiger partial charge in [-0.1, -0.05) is 38.8 Å². The summed E-state index contributed by atoms with van der Waals surface area (Å²) in [6, 6.07) is 8.88. The molecule has 0 saturated carbocycles. The van der Waals surface area contributed by atoms with Crippen LogP contribution in [0.2, 0.25) is 0 Å². The van der Waals surface area contributed by atoms with Crippen molar-refractivity contribution in [2.45, 2.75) is 45.6 Å². The zero-order valence-corrected chi connectivity index (χ0v) is 11.7. The van der Waals surface area contributed by atoms with E-state index >= 15 is 0 Å². The fourth-order valence-electron chi connectivity index (χ4n) is 2.34. The number of oxazole rings is 1. The lowest BCUT2D eigenvalue weighted by atomic mass is 10.1. The van der Waals surface area contributed by atoms with Crippen LogP contribution < -0.4 is 5.32 Å². The maximum Gasteiger partial charge on any atom is 0.181 e. The summed E-state index contributed by atoms with van der Waals surface area (Å²) in [6.07, 6.45) is 8.04. The normalized spacial score (nSPS) is 10.9. The summed E-state index contributed by atoms with van der Waals surface area (Å²) in [7, 11) is 0. The first-order valence-electron chi connectivity index (χ1n) is 7.09. The van der Waals surface area contributed by atoms with Crippen molar-refractivity contribution in [3.8, 4) is 11.3 Å². The number of nitrogens with zero attached hydrogens (tertiary/aromatic N) is 1. The van der Waals surface area contributed by atoms with Crippen molar-refractivity contribution >= 4 is 5.69 Å². The fraction of sp³-hybridized carbons (Fsp3) is 0.438. The van der Waals surface area contributed by atoms with Crippen LogP contribution in [0, 0.1) is 0 Å². The average molecular weight is 258 g/mol. The largest absolute Gasteiger partial charge is 0.444 e. The second-order valence-electron chi connectivity index (χ2n) is 4.87. The number of hydrogen-bond acceptors (Lipinski definition) is 3. The lowest BCUT2D eigenvalue weighted by Crippen LogP contribution is -2.18. The minimum Gasteiger partial charge on any atom is -0.444 e. The van der Waals surface area contributed by atoms with Crippen LogP contribution in [-0.4, -0.2) is 11.0 Å². The van der Waals surface area contributed by atoms with Gasteiger partial charge in [0, 0.05) is 17.3 Å². The van der Waals surface area contributed by atoms with Crippen molar-refractivity contribution in [3.63, 3.8) is 0 Å². The lowest BCUT2D eigenvalue weighted by Gasteiger charge is -2.19. The van der Waals surface area contributed by atoms with Gasteiger partial charge in [0.25, 0.3) is 0 Å². The average Bonchev–Trinajstić information content (AvgIpc) is 2.93. The Kier molecular flexibility index (Phi) is 5.01. The number of benzene rings is 1. The van der Waals surface area contributed by atoms with Crippen LogP contribution in [0.3, 0.4) is 0 Å². The van der Waals surface area contributed by atoms with Gasteiger partial charge in [-0.05, 0) is 25.0 Å². The van der Waals surface area contributed by atoms with Gasteiger partial charge in [0.15, 0.2) is 12.2 Å². The predicted molar refractivity (Wildman–Crippen MR) is 79.2 cm³/mol. The standard InChI is InChI=1S/C16H22N2O/c1-3-6-14(7-4-2)18-15-9-5-8-13(10-15)16-11-17-12-19-16/h5,8-12,14,18H,3-4,6-7H2,1-2H3. The molecule has 102 valence electrons. The van der Waals surface area contributed by atoms with Gasteiger partial charge in [0.2, 0.25) is 0 Å². The fourth-order valence-corrected chi connectivity index (χ4v) is 2.34. The zero-order chi connectivity index (χ0) is 13.5. The van der Waals surface area contributed by atoms with E-state index in [0.29, 0.717) is 6.04 Å². The Labute approximate surface area is 115 Å². The molecule has 0 aliphatic carbocycles. The molecule has 0 unspecified atom stereocenters. The maximum atomic E-state index is 5.34. The number of aromatic nitrogens is 1. The molecule has 3 nitrogen and oxygen atoms in total. The first kappa shape index (κ1) is 13.7. The summed E-state index contributed by atoms with van der Waals surface area (Å²) >= 11 is 0. The van der Waals surface area contributed by atoms with E-state index in [4.69, 9.17) is 4.42 Å². The Balaban J connectivity index is 2.10. The van der Waals surface area contributed by atoms with Gasteiger partial charge in [-0.3, -0.25) is 0 Å². The monoisotopic (exact) mass is 258 g/mol. The third kappa shape index (κ3) is 3.85. The van der Waals surface area contributed by atoms with E-state index in [0.717, 1.165) is 17.0 Å². The molecule has 0 fully saturated rings. The van der Waals surface area contributed by atoms with Crippen LogP contribution in [0.4, 0.5) is 5.69 Å². The minimum atomic E-state index is 0.556. The van der Waals surface area contributed by atoms with E-state index in [1.807, 2.05) is 6.07 Å². The SMILES string of the molecule is CCCC(CCC)Nc1cccc(-c2cnco2)c1. The minimum absolute atomic E-state index is 0.556. The lowest BCUT2D eigenvalue weighted by molar-refractivity contribution is 0.571. The summed E-state index contributed by atoms with van der Waals surface area (Å²) in [6.45, 7) is 4.46. The summed E-state index contributed by atoms with van der Waals surface area (Å²) in [4.78, 5) is 3.96. The van der Waals surface area contributed by atoms with Crippen LogP contribution in [0.25, 0.3) is 11.3 Å². The molecule has 1 aromatic heterocycles. The molecule has 0 radical (unpaired) electrons. The predicted octanol–water partition coefficient (Wildman–Crippen LogP) is 4.72. The van der Waals surface area contributed by atoms with E-state index < -0.39 is 0 Å². The Morgan fingerprint density at radius 2 is 2.00 bits per heavy atom. The first-order valence-corrected chi connectivity index (χ1v) is 7.09. The van der Waals surface area contributed by atoms with Crippen LogP contribution in [0.5, 0.6) is 0 Å². The highest BCUT2D eigenvalue weighted by Crippen LogP contribution is 2.23. The number of anilines is 1. The zero-order valence-electron chi connectivity index (χ0n) is 11.7. The third-order valence-electron chi connectivity index (χ3n) is 3.22. The number of hydrogen-bond donors (Lipinski definition) is 1. The first-order chi connectivity index (χ1) is 9.33. The molecule has 1 aromatic carbocycles. The molecule has 1 heterocycles. The Hall–Kier alpha value is -1.77. The molecule has 0 atom stereocenters. The second-order valence-corrected chi connectivity index (χ2v) is 4.87. The van der Waals surface area contributed by atoms with Gasteiger partial charge in [-0.2, -0.15) is 0 Å². The molecule has 0 amide bonds. The van der Waals surface area contributed by atoms with Crippen molar-refractivity contribution in [3.05, 3.63) is 36.9 Å². The van der Waals surface area contributed by atoms with Crippen molar-refractivity contribution < 1.29 is 4.42 Å². The molecule has 0 aliphatic heterocycles. The summed E-state index contributed by atoms with van der Waals surface area (Å²) in [5, 5.41) is 3.62. The molecular weight excluding hydrogens is 236 g/mol. The second kappa shape index (κ2) is 6.98. The quantitative estimate of drug-likeness (QED) is 0.780. The van der Waals surface area contributed by atoms with Crippen molar-refractivity contribution in [2.75, 3.05) is 5.32 Å². The molecule has 19 heavy (non-hydrogen) atoms. The number of rotatable bonds is 7. The Bertz CT molecular complexity index is 473. The Morgan fingerprint density at radius 1 is 1.21 bits per heavy atom. The molecule has 0 aliphatic rings. The van der Waals surface area contributed by atoms with E-state index in [2.05, 4.69) is 42.3 Å². The summed E-state index contributed by atoms with van der Waals surface area (Å²) in [5.74, 6) is 0.811. The highest BCUT2D eigenvalue weighted by molar-refractivity contribution is 5.63. The van der Waals surface area contributed by atoms with Crippen molar-refractivity contribution in [2.24, 2.45) is 0 Å². The molecule has 2 aromatic rings. The molecule has 0 saturated heterocycles. The topological polar surface area (TPSA) is 38.1 Å². The molecular formula is C16H22N2O. The van der Waals surface area contributed by atoms with Crippen LogP contribution in [-0.2, 0) is 0 Å². The van der Waals surface area contributed by atoms with Gasteiger partial charge in [0.1, 0.15) is 0 Å². The molecule has 3 heteroatoms. The van der Waals surface area contributed by atoms with Crippen molar-refractivity contribution in [1.29, 1.82) is 0 Å². The third-order valence-corrected chi connectivity index (χ3v) is 3.22. The van der Waals surface area contributed by atoms with Crippen LogP contribution in [0.15, 0.2) is 41.3 Å². The number of nitrogens with one attached hydrogen (secondary N) is 1. The highest BCUT2D eigenvalue weighted by Gasteiger charge is 2.08. The molecule has 0 spiro atoms. The van der Waals surface area contributed by atoms with Gasteiger partial charge in [-0.15, -0.1) is 0 Å². The highest BCUT2D eigenvalue weighted by atomic mass is 16.3. The molecule has 0 bridgehead atoms. The van der Waals surface area contributed by atoms with Gasteiger partial charge < -0.3 is 9.73 Å². The smallest absolute Gasteiger partial charge is 0.181 e. The van der Waals surface area contributed by atoms with Gasteiger partial charge in [0.05, 0.1) is 6.20 Å². The van der Waals surface area contributed by atoms with Gasteiger partial charge >= 0.3 is 0 Å². The van der Waals surface area contributed by atoms with E-state index in [1.165, 1.54) is 32.1 Å².